The highest BCUT2D eigenvalue weighted by Gasteiger charge is 2.29. The highest BCUT2D eigenvalue weighted by molar-refractivity contribution is 14.1. The van der Waals surface area contributed by atoms with E-state index in [-0.39, 0.29) is 0 Å². The Balaban J connectivity index is 1.82. The van der Waals surface area contributed by atoms with Gasteiger partial charge in [0.15, 0.2) is 0 Å². The second-order valence-corrected chi connectivity index (χ2v) is 6.94. The normalized spacial score (nSPS) is 41.1. The van der Waals surface area contributed by atoms with E-state index in [0.717, 1.165) is 44.0 Å². The summed E-state index contributed by atoms with van der Waals surface area (Å²) in [7, 11) is 0. The Morgan fingerprint density at radius 1 is 1.36 bits per heavy atom. The summed E-state index contributed by atoms with van der Waals surface area (Å²) in [5.74, 6) is 1.79. The standard InChI is InChI=1S/C9H16INO2S/c10-9-7-11(3-4-13-9)8-1-5-14(12)6-2-8/h8-9H,1-7H2. The van der Waals surface area contributed by atoms with Crippen molar-refractivity contribution in [2.45, 2.75) is 23.0 Å². The molecule has 2 saturated heterocycles. The van der Waals surface area contributed by atoms with Crippen molar-refractivity contribution in [3.63, 3.8) is 0 Å². The Kier molecular flexibility index (Phi) is 4.36. The highest BCUT2D eigenvalue weighted by Crippen LogP contribution is 2.21. The fourth-order valence-corrected chi connectivity index (χ4v) is 4.14. The molecule has 0 radical (unpaired) electrons. The quantitative estimate of drug-likeness (QED) is 0.409. The Morgan fingerprint density at radius 2 is 2.07 bits per heavy atom. The van der Waals surface area contributed by atoms with Gasteiger partial charge in [-0.1, -0.05) is 11.2 Å². The van der Waals surface area contributed by atoms with Crippen LogP contribution in [0.25, 0.3) is 0 Å². The number of rotatable bonds is 1. The van der Waals surface area contributed by atoms with Gasteiger partial charge in [0.05, 0.1) is 6.61 Å². The van der Waals surface area contributed by atoms with Gasteiger partial charge in [-0.05, 0) is 22.6 Å². The van der Waals surface area contributed by atoms with E-state index >= 15 is 0 Å². The van der Waals surface area contributed by atoms with Crippen molar-refractivity contribution in [1.29, 1.82) is 0 Å². The lowest BCUT2D eigenvalue weighted by Gasteiger charge is -2.38. The second kappa shape index (κ2) is 5.34. The molecule has 1 atom stereocenters. The molecular weight excluding hydrogens is 313 g/mol. The summed E-state index contributed by atoms with van der Waals surface area (Å²) in [5, 5.41) is 0. The summed E-state index contributed by atoms with van der Waals surface area (Å²) in [5.41, 5.74) is 0. The van der Waals surface area contributed by atoms with Gasteiger partial charge < -0.3 is 9.29 Å². The summed E-state index contributed by atoms with van der Waals surface area (Å²) in [6.45, 7) is 2.95. The minimum absolute atomic E-state index is 0.341. The fourth-order valence-electron chi connectivity index (χ4n) is 2.10. The predicted octanol–water partition coefficient (Wildman–Crippen LogP) is 0.991. The van der Waals surface area contributed by atoms with E-state index in [9.17, 15) is 4.55 Å². The molecule has 5 heteroatoms. The molecule has 2 aliphatic heterocycles. The van der Waals surface area contributed by atoms with E-state index in [4.69, 9.17) is 4.74 Å². The average molecular weight is 329 g/mol. The van der Waals surface area contributed by atoms with E-state index in [1.54, 1.807) is 0 Å². The smallest absolute Gasteiger partial charge is 0.121 e. The molecule has 0 aromatic carbocycles. The first kappa shape index (κ1) is 11.4. The van der Waals surface area contributed by atoms with Crippen LogP contribution in [0.5, 0.6) is 0 Å². The predicted molar refractivity (Wildman–Crippen MR) is 66.2 cm³/mol. The molecule has 82 valence electrons. The third-order valence-electron chi connectivity index (χ3n) is 2.93. The highest BCUT2D eigenvalue weighted by atomic mass is 127. The molecule has 0 spiro atoms. The largest absolute Gasteiger partial charge is 0.616 e. The molecule has 0 aromatic heterocycles. The first-order chi connectivity index (χ1) is 6.75. The molecule has 3 nitrogen and oxygen atoms in total. The maximum atomic E-state index is 11.2. The van der Waals surface area contributed by atoms with E-state index in [2.05, 4.69) is 27.5 Å². The molecule has 2 rings (SSSR count). The molecule has 14 heavy (non-hydrogen) atoms. The second-order valence-electron chi connectivity index (χ2n) is 3.86. The van der Waals surface area contributed by atoms with E-state index in [0.29, 0.717) is 10.2 Å². The zero-order chi connectivity index (χ0) is 9.97. The van der Waals surface area contributed by atoms with Crippen molar-refractivity contribution in [2.24, 2.45) is 0 Å². The Morgan fingerprint density at radius 3 is 2.71 bits per heavy atom. The number of halogens is 1. The van der Waals surface area contributed by atoms with Crippen LogP contribution in [0.15, 0.2) is 0 Å². The van der Waals surface area contributed by atoms with Gasteiger partial charge in [0.2, 0.25) is 0 Å². The van der Waals surface area contributed by atoms with Crippen molar-refractivity contribution in [1.82, 2.24) is 4.90 Å². The third kappa shape index (κ3) is 2.98. The fraction of sp³-hybridized carbons (Fsp3) is 1.00. The average Bonchev–Trinajstić information content (AvgIpc) is 2.19. The zero-order valence-electron chi connectivity index (χ0n) is 8.15. The van der Waals surface area contributed by atoms with E-state index in [1.807, 2.05) is 0 Å². The number of nitrogens with zero attached hydrogens (tertiary/aromatic N) is 1. The lowest BCUT2D eigenvalue weighted by molar-refractivity contribution is 0.00483. The summed E-state index contributed by atoms with van der Waals surface area (Å²) in [6.07, 6.45) is 2.21. The van der Waals surface area contributed by atoms with Crippen LogP contribution in [0, 0.1) is 0 Å². The molecule has 2 aliphatic rings. The molecular formula is C9H16INO2S. The van der Waals surface area contributed by atoms with Crippen molar-refractivity contribution in [3.8, 4) is 0 Å². The van der Waals surface area contributed by atoms with Crippen molar-refractivity contribution >= 4 is 33.8 Å². The van der Waals surface area contributed by atoms with Crippen LogP contribution < -0.4 is 0 Å². The van der Waals surface area contributed by atoms with Gasteiger partial charge in [0, 0.05) is 32.0 Å². The van der Waals surface area contributed by atoms with Crippen LogP contribution in [0.3, 0.4) is 0 Å². The monoisotopic (exact) mass is 329 g/mol. The molecule has 2 fully saturated rings. The lowest BCUT2D eigenvalue weighted by Crippen LogP contribution is -2.48. The Hall–Kier alpha value is 0.960. The molecule has 0 saturated carbocycles. The van der Waals surface area contributed by atoms with Crippen LogP contribution in [0.4, 0.5) is 0 Å². The number of hydrogen-bond acceptors (Lipinski definition) is 3. The Labute approximate surface area is 102 Å². The van der Waals surface area contributed by atoms with Crippen LogP contribution in [-0.2, 0) is 15.9 Å². The third-order valence-corrected chi connectivity index (χ3v) is 5.06. The molecule has 0 amide bonds. The van der Waals surface area contributed by atoms with Gasteiger partial charge in [-0.3, -0.25) is 4.90 Å². The molecule has 0 aromatic rings. The molecule has 2 heterocycles. The van der Waals surface area contributed by atoms with Gasteiger partial charge in [0.1, 0.15) is 15.6 Å². The maximum Gasteiger partial charge on any atom is 0.121 e. The van der Waals surface area contributed by atoms with Crippen molar-refractivity contribution < 1.29 is 9.29 Å². The van der Waals surface area contributed by atoms with Crippen LogP contribution in [0.2, 0.25) is 0 Å². The zero-order valence-corrected chi connectivity index (χ0v) is 11.1. The molecule has 0 N–H and O–H groups in total. The van der Waals surface area contributed by atoms with Gasteiger partial charge in [0.25, 0.3) is 0 Å². The van der Waals surface area contributed by atoms with Gasteiger partial charge >= 0.3 is 0 Å². The summed E-state index contributed by atoms with van der Waals surface area (Å²) >= 11 is 1.81. The van der Waals surface area contributed by atoms with Gasteiger partial charge in [-0.25, -0.2) is 0 Å². The minimum Gasteiger partial charge on any atom is -0.616 e. The molecule has 1 unspecified atom stereocenters. The SMILES string of the molecule is [O-][S+]1CCC(N2CCOC(I)C2)CC1. The lowest BCUT2D eigenvalue weighted by atomic mass is 10.1. The van der Waals surface area contributed by atoms with Crippen LogP contribution in [0.1, 0.15) is 12.8 Å². The van der Waals surface area contributed by atoms with Crippen LogP contribution in [-0.4, -0.2) is 50.8 Å². The Bertz CT molecular complexity index is 188. The maximum absolute atomic E-state index is 11.2. The summed E-state index contributed by atoms with van der Waals surface area (Å²) < 4.78 is 17.1. The first-order valence-corrected chi connectivity index (χ1v) is 7.84. The number of alkyl halides is 1. The number of hydrogen-bond donors (Lipinski definition) is 0. The number of morpholine rings is 1. The molecule has 0 aliphatic carbocycles. The number of ether oxygens (including phenoxy) is 1. The van der Waals surface area contributed by atoms with Gasteiger partial charge in [-0.2, -0.15) is 0 Å². The van der Waals surface area contributed by atoms with Crippen LogP contribution >= 0.6 is 22.6 Å². The van der Waals surface area contributed by atoms with E-state index < -0.39 is 11.2 Å². The first-order valence-electron chi connectivity index (χ1n) is 5.10. The topological polar surface area (TPSA) is 35.5 Å². The van der Waals surface area contributed by atoms with Crippen molar-refractivity contribution in [2.75, 3.05) is 31.2 Å². The summed E-state index contributed by atoms with van der Waals surface area (Å²) in [4.78, 5) is 2.51. The summed E-state index contributed by atoms with van der Waals surface area (Å²) in [6, 6.07) is 0.661. The van der Waals surface area contributed by atoms with Crippen molar-refractivity contribution in [3.05, 3.63) is 0 Å². The van der Waals surface area contributed by atoms with Gasteiger partial charge in [-0.15, -0.1) is 0 Å². The molecule has 0 bridgehead atoms. The minimum atomic E-state index is -0.534. The van der Waals surface area contributed by atoms with E-state index in [1.165, 1.54) is 0 Å².